The molecule has 12 nitrogen and oxygen atoms in total. The minimum Gasteiger partial charge on any atom is -0.460 e. The first-order chi connectivity index (χ1) is 21.0. The molecule has 0 bridgehead atoms. The van der Waals surface area contributed by atoms with Gasteiger partial charge in [0.15, 0.2) is 5.82 Å². The number of esters is 1. The van der Waals surface area contributed by atoms with Gasteiger partial charge in [0.05, 0.1) is 25.6 Å². The van der Waals surface area contributed by atoms with Crippen LogP contribution in [0, 0.1) is 6.54 Å². The quantitative estimate of drug-likeness (QED) is 0.124. The smallest absolute Gasteiger partial charge is 0.326 e. The van der Waals surface area contributed by atoms with Crippen LogP contribution in [0.15, 0.2) is 66.9 Å². The summed E-state index contributed by atoms with van der Waals surface area (Å²) in [7, 11) is 0. The number of hydrogen-bond donors (Lipinski definition) is 5. The number of aromatic nitrogens is 2. The average Bonchev–Trinajstić information content (AvgIpc) is 3.43. The molecule has 235 valence electrons. The van der Waals surface area contributed by atoms with Crippen LogP contribution >= 0.6 is 0 Å². The Morgan fingerprint density at radius 2 is 1.61 bits per heavy atom. The number of nitrogens with two attached hydrogens (primary N) is 1. The first-order valence-corrected chi connectivity index (χ1v) is 14.5. The van der Waals surface area contributed by atoms with Crippen molar-refractivity contribution in [1.82, 2.24) is 31.0 Å². The molecule has 44 heavy (non-hydrogen) atoms. The Kier molecular flexibility index (Phi) is 12.9. The molecule has 3 rings (SSSR count). The molecule has 4 amide bonds. The summed E-state index contributed by atoms with van der Waals surface area (Å²) in [6.45, 7) is 6.45. The molecule has 0 aliphatic rings. The number of nitrogens with zero attached hydrogens (tertiary/aromatic N) is 2. The fraction of sp³-hybridized carbons (Fsp3) is 0.375. The highest BCUT2D eigenvalue weighted by Crippen LogP contribution is 2.12. The number of urea groups is 1. The predicted octanol–water partition coefficient (Wildman–Crippen LogP) is 2.82. The van der Waals surface area contributed by atoms with Crippen LogP contribution in [0.1, 0.15) is 61.1 Å². The van der Waals surface area contributed by atoms with Crippen LogP contribution in [-0.2, 0) is 33.6 Å². The zero-order chi connectivity index (χ0) is 32.0. The van der Waals surface area contributed by atoms with Gasteiger partial charge in [0.2, 0.25) is 5.91 Å². The number of hydrogen-bond acceptors (Lipinski definition) is 7. The standard InChI is InChI=1S/C32H42N7O5/c1-32(2,3)44-28(41)19-26(21-35-38-31(33)43)36-27(40)22-39(18-17-24-13-8-5-9-14-24)30(42)29-34-20-25(37-29)16-10-15-23-11-6-4-7-12-23/h4-9,11-14,20-21,26,35H,10,15-19,22H2,1-3H3,(H,34,37)(H,36,40)(H3,33,38,43). The molecule has 1 heterocycles. The Balaban J connectivity index is 1.67. The van der Waals surface area contributed by atoms with Crippen molar-refractivity contribution in [3.63, 3.8) is 0 Å². The summed E-state index contributed by atoms with van der Waals surface area (Å²) in [5.41, 5.74) is 12.1. The molecule has 0 aliphatic carbocycles. The Morgan fingerprint density at radius 1 is 0.977 bits per heavy atom. The Morgan fingerprint density at radius 3 is 2.23 bits per heavy atom. The topological polar surface area (TPSA) is 172 Å². The number of hydrazine groups is 1. The van der Waals surface area contributed by atoms with Crippen molar-refractivity contribution < 1.29 is 23.9 Å². The zero-order valence-corrected chi connectivity index (χ0v) is 25.5. The number of nitrogens with one attached hydrogen (secondary N) is 4. The van der Waals surface area contributed by atoms with E-state index in [1.807, 2.05) is 48.5 Å². The van der Waals surface area contributed by atoms with Gasteiger partial charge in [-0.2, -0.15) is 0 Å². The largest absolute Gasteiger partial charge is 0.460 e. The minimum atomic E-state index is -0.880. The SMILES string of the molecule is CC(C)(C)OC(=O)CC([CH]NNC(N)=O)NC(=O)CN(CCc1ccccc1)C(=O)c1ncc(CCCc2ccccc2)[nH]1. The van der Waals surface area contributed by atoms with E-state index >= 15 is 0 Å². The molecule has 1 unspecified atom stereocenters. The number of H-pyrrole nitrogens is 1. The molecule has 0 spiro atoms. The van der Waals surface area contributed by atoms with E-state index in [0.29, 0.717) is 12.8 Å². The molecule has 0 saturated heterocycles. The second kappa shape index (κ2) is 16.8. The highest BCUT2D eigenvalue weighted by molar-refractivity contribution is 5.93. The van der Waals surface area contributed by atoms with E-state index in [0.717, 1.165) is 24.1 Å². The predicted molar refractivity (Wildman–Crippen MR) is 166 cm³/mol. The summed E-state index contributed by atoms with van der Waals surface area (Å²) in [5.74, 6) is -1.37. The van der Waals surface area contributed by atoms with Crippen LogP contribution in [-0.4, -0.2) is 63.4 Å². The van der Waals surface area contributed by atoms with E-state index in [1.165, 1.54) is 17.0 Å². The van der Waals surface area contributed by atoms with Gasteiger partial charge in [0.25, 0.3) is 5.91 Å². The Labute approximate surface area is 258 Å². The summed E-state index contributed by atoms with van der Waals surface area (Å²) < 4.78 is 5.37. The lowest BCUT2D eigenvalue weighted by molar-refractivity contribution is -0.155. The van der Waals surface area contributed by atoms with Crippen molar-refractivity contribution in [2.75, 3.05) is 13.1 Å². The molecule has 3 aromatic rings. The molecule has 1 aromatic heterocycles. The van der Waals surface area contributed by atoms with Crippen molar-refractivity contribution in [1.29, 1.82) is 0 Å². The number of carbonyl (C=O) groups excluding carboxylic acids is 4. The van der Waals surface area contributed by atoms with E-state index in [1.54, 1.807) is 27.0 Å². The molecule has 12 heteroatoms. The van der Waals surface area contributed by atoms with Crippen molar-refractivity contribution in [3.8, 4) is 0 Å². The van der Waals surface area contributed by atoms with Gasteiger partial charge in [0.1, 0.15) is 5.60 Å². The number of aryl methyl sites for hydroxylation is 2. The van der Waals surface area contributed by atoms with E-state index in [2.05, 4.69) is 38.3 Å². The third-order valence-electron chi connectivity index (χ3n) is 6.35. The van der Waals surface area contributed by atoms with E-state index in [-0.39, 0.29) is 25.3 Å². The van der Waals surface area contributed by atoms with Gasteiger partial charge in [-0.25, -0.2) is 15.2 Å². The number of ether oxygens (including phenoxy) is 1. The van der Waals surface area contributed by atoms with Gasteiger partial charge in [-0.3, -0.25) is 19.8 Å². The molecule has 0 saturated carbocycles. The van der Waals surface area contributed by atoms with Gasteiger partial charge >= 0.3 is 12.0 Å². The number of aromatic amines is 1. The van der Waals surface area contributed by atoms with Gasteiger partial charge in [-0.05, 0) is 57.6 Å². The Hall–Kier alpha value is -4.71. The number of amides is 4. The van der Waals surface area contributed by atoms with E-state index < -0.39 is 35.5 Å². The highest BCUT2D eigenvalue weighted by Gasteiger charge is 2.25. The summed E-state index contributed by atoms with van der Waals surface area (Å²) in [6.07, 6.45) is 4.44. The van der Waals surface area contributed by atoms with Crippen molar-refractivity contribution in [2.45, 2.75) is 64.5 Å². The molecular weight excluding hydrogens is 562 g/mol. The molecule has 1 radical (unpaired) electrons. The highest BCUT2D eigenvalue weighted by atomic mass is 16.6. The maximum atomic E-state index is 13.6. The summed E-state index contributed by atoms with van der Waals surface area (Å²) >= 11 is 0. The van der Waals surface area contributed by atoms with Crippen LogP contribution in [0.25, 0.3) is 0 Å². The molecule has 1 atom stereocenters. The summed E-state index contributed by atoms with van der Waals surface area (Å²) in [5, 5.41) is 2.72. The third-order valence-corrected chi connectivity index (χ3v) is 6.35. The lowest BCUT2D eigenvalue weighted by Gasteiger charge is -2.25. The van der Waals surface area contributed by atoms with Crippen LogP contribution in [0.4, 0.5) is 4.79 Å². The average molecular weight is 605 g/mol. The minimum absolute atomic E-state index is 0.143. The Bertz CT molecular complexity index is 1360. The number of benzene rings is 2. The van der Waals surface area contributed by atoms with Crippen molar-refractivity contribution in [3.05, 3.63) is 96.1 Å². The van der Waals surface area contributed by atoms with Crippen molar-refractivity contribution >= 4 is 23.8 Å². The van der Waals surface area contributed by atoms with Crippen molar-refractivity contribution in [2.24, 2.45) is 5.73 Å². The number of imidazole rings is 1. The molecular formula is C32H42N7O5. The number of carbonyl (C=O) groups is 4. The van der Waals surface area contributed by atoms with Crippen LogP contribution in [0.3, 0.4) is 0 Å². The molecule has 6 N–H and O–H groups in total. The number of primary amides is 1. The second-order valence-corrected chi connectivity index (χ2v) is 11.3. The first-order valence-electron chi connectivity index (χ1n) is 14.5. The fourth-order valence-corrected chi connectivity index (χ4v) is 4.39. The van der Waals surface area contributed by atoms with E-state index in [9.17, 15) is 19.2 Å². The number of rotatable bonds is 16. The van der Waals surface area contributed by atoms with Crippen LogP contribution in [0.2, 0.25) is 0 Å². The summed E-state index contributed by atoms with van der Waals surface area (Å²) in [4.78, 5) is 59.2. The maximum absolute atomic E-state index is 13.6. The van der Waals surface area contributed by atoms with Gasteiger partial charge < -0.3 is 25.7 Å². The van der Waals surface area contributed by atoms with Crippen LogP contribution < -0.4 is 21.9 Å². The van der Waals surface area contributed by atoms with Gasteiger partial charge in [0, 0.05) is 18.4 Å². The monoisotopic (exact) mass is 604 g/mol. The van der Waals surface area contributed by atoms with Gasteiger partial charge in [-0.1, -0.05) is 60.7 Å². The molecule has 0 aliphatic heterocycles. The third kappa shape index (κ3) is 12.7. The molecule has 0 fully saturated rings. The lowest BCUT2D eigenvalue weighted by Crippen LogP contribution is -2.49. The van der Waals surface area contributed by atoms with Crippen LogP contribution in [0.5, 0.6) is 0 Å². The van der Waals surface area contributed by atoms with E-state index in [4.69, 9.17) is 10.5 Å². The lowest BCUT2D eigenvalue weighted by atomic mass is 10.1. The van der Waals surface area contributed by atoms with Gasteiger partial charge in [-0.15, -0.1) is 0 Å². The normalized spacial score (nSPS) is 11.8. The second-order valence-electron chi connectivity index (χ2n) is 11.3. The summed E-state index contributed by atoms with van der Waals surface area (Å²) in [6, 6.07) is 18.1. The molecule has 2 aromatic carbocycles. The fourth-order valence-electron chi connectivity index (χ4n) is 4.39. The maximum Gasteiger partial charge on any atom is 0.326 e. The zero-order valence-electron chi connectivity index (χ0n) is 25.5. The first kappa shape index (κ1) is 33.8.